The van der Waals surface area contributed by atoms with Gasteiger partial charge in [-0.25, -0.2) is 4.68 Å². The molecule has 1 heterocycles. The van der Waals surface area contributed by atoms with Crippen LogP contribution < -0.4 is 10.1 Å². The molecule has 186 valence electrons. The monoisotopic (exact) mass is 489 g/mol. The molecule has 2 N–H and O–H groups in total. The lowest BCUT2D eigenvalue weighted by Crippen LogP contribution is -2.26. The van der Waals surface area contributed by atoms with E-state index in [4.69, 9.17) is 9.84 Å². The number of carboxylic acid groups (broad SMARTS) is 1. The van der Waals surface area contributed by atoms with Crippen LogP contribution in [0.15, 0.2) is 60.9 Å². The van der Waals surface area contributed by atoms with E-state index < -0.39 is 17.7 Å². The second kappa shape index (κ2) is 11.1. The summed E-state index contributed by atoms with van der Waals surface area (Å²) in [6.45, 7) is 4.15. The molecule has 0 bridgehead atoms. The van der Waals surface area contributed by atoms with Gasteiger partial charge in [-0.05, 0) is 54.3 Å². The number of carboxylic acids is 1. The summed E-state index contributed by atoms with van der Waals surface area (Å²) < 4.78 is 45.8. The standard InChI is InChI=1S/C25H26F3N3O4/c1-16(2)13-22(17-3-5-18(6-4-17)24(34)29-12-11-23(32)33)35-21-9-7-20(8-10-21)31-15-19(14-30-31)25(26,27)28/h3-10,14-16,22H,11-13H2,1-2H3,(H,29,34)(H,32,33). The van der Waals surface area contributed by atoms with Gasteiger partial charge in [0.1, 0.15) is 11.9 Å². The van der Waals surface area contributed by atoms with Crippen LogP contribution in [-0.4, -0.2) is 33.3 Å². The number of hydrogen-bond donors (Lipinski definition) is 2. The average Bonchev–Trinajstić information content (AvgIpc) is 3.30. The molecule has 3 rings (SSSR count). The average molecular weight is 489 g/mol. The molecule has 35 heavy (non-hydrogen) atoms. The number of carbonyl (C=O) groups excluding carboxylic acids is 1. The molecule has 2 aromatic carbocycles. The third kappa shape index (κ3) is 7.33. The fraction of sp³-hybridized carbons (Fsp3) is 0.320. The predicted octanol–water partition coefficient (Wildman–Crippen LogP) is 5.26. The Kier molecular flexibility index (Phi) is 8.16. The van der Waals surface area contributed by atoms with Gasteiger partial charge in [-0.3, -0.25) is 9.59 Å². The first-order chi connectivity index (χ1) is 16.5. The van der Waals surface area contributed by atoms with Crippen molar-refractivity contribution in [2.45, 2.75) is 39.0 Å². The Morgan fingerprint density at radius 3 is 2.29 bits per heavy atom. The molecule has 7 nitrogen and oxygen atoms in total. The molecule has 0 spiro atoms. The normalized spacial score (nSPS) is 12.4. The van der Waals surface area contributed by atoms with E-state index in [1.807, 2.05) is 0 Å². The smallest absolute Gasteiger partial charge is 0.419 e. The van der Waals surface area contributed by atoms with Crippen LogP contribution in [0.5, 0.6) is 5.75 Å². The minimum atomic E-state index is -4.46. The molecule has 0 radical (unpaired) electrons. The summed E-state index contributed by atoms with van der Waals surface area (Å²) in [4.78, 5) is 22.8. The van der Waals surface area contributed by atoms with Crippen LogP contribution in [0.2, 0.25) is 0 Å². The van der Waals surface area contributed by atoms with Gasteiger partial charge >= 0.3 is 12.1 Å². The highest BCUT2D eigenvalue weighted by Gasteiger charge is 2.32. The maximum absolute atomic E-state index is 12.8. The van der Waals surface area contributed by atoms with Crippen molar-refractivity contribution in [1.82, 2.24) is 15.1 Å². The van der Waals surface area contributed by atoms with Crippen LogP contribution in [0, 0.1) is 5.92 Å². The summed E-state index contributed by atoms with van der Waals surface area (Å²) in [5, 5.41) is 15.0. The molecular weight excluding hydrogens is 463 g/mol. The van der Waals surface area contributed by atoms with Crippen LogP contribution in [0.25, 0.3) is 5.69 Å². The van der Waals surface area contributed by atoms with Crippen LogP contribution in [0.1, 0.15) is 54.3 Å². The molecule has 3 aromatic rings. The number of aromatic nitrogens is 2. The maximum Gasteiger partial charge on any atom is 0.419 e. The molecule has 0 aliphatic heterocycles. The highest BCUT2D eigenvalue weighted by atomic mass is 19.4. The molecule has 1 unspecified atom stereocenters. The number of halogens is 3. The number of nitrogens with zero attached hydrogens (tertiary/aromatic N) is 2. The number of carbonyl (C=O) groups is 2. The van der Waals surface area contributed by atoms with Gasteiger partial charge in [-0.15, -0.1) is 0 Å². The number of hydrogen-bond acceptors (Lipinski definition) is 4. The Bertz CT molecular complexity index is 1140. The van der Waals surface area contributed by atoms with Crippen LogP contribution in [-0.2, 0) is 11.0 Å². The van der Waals surface area contributed by atoms with Crippen molar-refractivity contribution < 1.29 is 32.6 Å². The summed E-state index contributed by atoms with van der Waals surface area (Å²) in [5.41, 5.74) is 0.899. The lowest BCUT2D eigenvalue weighted by atomic mass is 9.98. The second-order valence-corrected chi connectivity index (χ2v) is 8.42. The van der Waals surface area contributed by atoms with E-state index in [0.717, 1.165) is 22.6 Å². The quantitative estimate of drug-likeness (QED) is 0.405. The summed E-state index contributed by atoms with van der Waals surface area (Å²) >= 11 is 0. The van der Waals surface area contributed by atoms with E-state index in [-0.39, 0.29) is 25.0 Å². The van der Waals surface area contributed by atoms with Crippen molar-refractivity contribution in [3.05, 3.63) is 77.6 Å². The zero-order chi connectivity index (χ0) is 25.6. The molecule has 0 fully saturated rings. The summed E-state index contributed by atoms with van der Waals surface area (Å²) in [5.74, 6) is -0.499. The first-order valence-electron chi connectivity index (χ1n) is 11.0. The molecule has 1 amide bonds. The van der Waals surface area contributed by atoms with Gasteiger partial charge in [0.2, 0.25) is 0 Å². The van der Waals surface area contributed by atoms with E-state index >= 15 is 0 Å². The van der Waals surface area contributed by atoms with E-state index in [0.29, 0.717) is 29.3 Å². The number of ether oxygens (including phenoxy) is 1. The van der Waals surface area contributed by atoms with Gasteiger partial charge in [0.25, 0.3) is 5.91 Å². The first-order valence-corrected chi connectivity index (χ1v) is 11.0. The van der Waals surface area contributed by atoms with Gasteiger partial charge < -0.3 is 15.2 Å². The van der Waals surface area contributed by atoms with Gasteiger partial charge in [-0.2, -0.15) is 18.3 Å². The van der Waals surface area contributed by atoms with Crippen molar-refractivity contribution in [3.8, 4) is 11.4 Å². The molecule has 10 heteroatoms. The molecule has 0 aliphatic carbocycles. The number of rotatable bonds is 10. The fourth-order valence-corrected chi connectivity index (χ4v) is 3.37. The SMILES string of the molecule is CC(C)CC(Oc1ccc(-n2cc(C(F)(F)F)cn2)cc1)c1ccc(C(=O)NCCC(=O)O)cc1. The van der Waals surface area contributed by atoms with Gasteiger partial charge in [-0.1, -0.05) is 26.0 Å². The zero-order valence-electron chi connectivity index (χ0n) is 19.2. The van der Waals surface area contributed by atoms with Crippen molar-refractivity contribution in [2.24, 2.45) is 5.92 Å². The minimum Gasteiger partial charge on any atom is -0.486 e. The van der Waals surface area contributed by atoms with E-state index in [9.17, 15) is 22.8 Å². The number of benzene rings is 2. The highest BCUT2D eigenvalue weighted by molar-refractivity contribution is 5.94. The van der Waals surface area contributed by atoms with E-state index in [1.165, 1.54) is 0 Å². The fourth-order valence-electron chi connectivity index (χ4n) is 3.37. The molecular formula is C25H26F3N3O4. The Labute approximate surface area is 200 Å². The van der Waals surface area contributed by atoms with Gasteiger partial charge in [0, 0.05) is 18.3 Å². The summed E-state index contributed by atoms with van der Waals surface area (Å²) in [6.07, 6.45) is -2.53. The molecule has 1 aromatic heterocycles. The Balaban J connectivity index is 1.70. The van der Waals surface area contributed by atoms with Crippen molar-refractivity contribution in [1.29, 1.82) is 0 Å². The highest BCUT2D eigenvalue weighted by Crippen LogP contribution is 2.31. The van der Waals surface area contributed by atoms with E-state index in [2.05, 4.69) is 24.3 Å². The van der Waals surface area contributed by atoms with Crippen molar-refractivity contribution in [2.75, 3.05) is 6.54 Å². The predicted molar refractivity (Wildman–Crippen MR) is 122 cm³/mol. The topological polar surface area (TPSA) is 93.5 Å². The van der Waals surface area contributed by atoms with Crippen molar-refractivity contribution in [3.63, 3.8) is 0 Å². The second-order valence-electron chi connectivity index (χ2n) is 8.42. The lowest BCUT2D eigenvalue weighted by Gasteiger charge is -2.22. The maximum atomic E-state index is 12.8. The van der Waals surface area contributed by atoms with Crippen LogP contribution in [0.3, 0.4) is 0 Å². The van der Waals surface area contributed by atoms with Crippen LogP contribution in [0.4, 0.5) is 13.2 Å². The van der Waals surface area contributed by atoms with Crippen molar-refractivity contribution >= 4 is 11.9 Å². The van der Waals surface area contributed by atoms with Gasteiger partial charge in [0.05, 0.1) is 23.9 Å². The number of aliphatic carboxylic acids is 1. The number of nitrogens with one attached hydrogen (secondary N) is 1. The molecule has 0 saturated heterocycles. The Hall–Kier alpha value is -3.82. The van der Waals surface area contributed by atoms with Crippen LogP contribution >= 0.6 is 0 Å². The zero-order valence-corrected chi connectivity index (χ0v) is 19.2. The third-order valence-electron chi connectivity index (χ3n) is 5.14. The molecule has 0 saturated carbocycles. The Morgan fingerprint density at radius 2 is 1.74 bits per heavy atom. The summed E-state index contributed by atoms with van der Waals surface area (Å²) in [6, 6.07) is 13.5. The molecule has 1 atom stereocenters. The van der Waals surface area contributed by atoms with Gasteiger partial charge in [0.15, 0.2) is 0 Å². The lowest BCUT2D eigenvalue weighted by molar-refractivity contribution is -0.138. The first kappa shape index (κ1) is 25.8. The Morgan fingerprint density at radius 1 is 1.09 bits per heavy atom. The van der Waals surface area contributed by atoms with E-state index in [1.54, 1.807) is 48.5 Å². The number of amides is 1. The largest absolute Gasteiger partial charge is 0.486 e. The minimum absolute atomic E-state index is 0.0427. The third-order valence-corrected chi connectivity index (χ3v) is 5.14. The summed E-state index contributed by atoms with van der Waals surface area (Å²) in [7, 11) is 0. The molecule has 0 aliphatic rings. The number of alkyl halides is 3.